The van der Waals surface area contributed by atoms with E-state index in [2.05, 4.69) is 22.3 Å². The third-order valence-corrected chi connectivity index (χ3v) is 4.42. The minimum atomic E-state index is -0.533. The molecule has 0 bridgehead atoms. The van der Waals surface area contributed by atoms with Crippen molar-refractivity contribution in [3.8, 4) is 0 Å². The summed E-state index contributed by atoms with van der Waals surface area (Å²) in [5.41, 5.74) is 3.28. The highest BCUT2D eigenvalue weighted by molar-refractivity contribution is 6.35. The van der Waals surface area contributed by atoms with E-state index >= 15 is 0 Å². The van der Waals surface area contributed by atoms with Crippen LogP contribution >= 0.6 is 0 Å². The summed E-state index contributed by atoms with van der Waals surface area (Å²) in [5.74, 6) is -0.977. The number of hydrogen-bond donors (Lipinski definition) is 1. The fourth-order valence-corrected chi connectivity index (χ4v) is 3.03. The van der Waals surface area contributed by atoms with Gasteiger partial charge in [-0.15, -0.1) is 0 Å². The second-order valence-corrected chi connectivity index (χ2v) is 6.29. The van der Waals surface area contributed by atoms with Crippen LogP contribution in [0.2, 0.25) is 0 Å². The zero-order chi connectivity index (χ0) is 17.6. The largest absolute Gasteiger partial charge is 0.368 e. The lowest BCUT2D eigenvalue weighted by molar-refractivity contribution is -0.146. The number of hydrogen-bond acceptors (Lipinski definition) is 3. The molecular formula is C20H23N3O2. The summed E-state index contributed by atoms with van der Waals surface area (Å²) >= 11 is 0. The van der Waals surface area contributed by atoms with Gasteiger partial charge in [-0.2, -0.15) is 0 Å². The maximum absolute atomic E-state index is 12.3. The number of nitrogens with zero attached hydrogens (tertiary/aromatic N) is 2. The van der Waals surface area contributed by atoms with Crippen molar-refractivity contribution < 1.29 is 9.59 Å². The highest BCUT2D eigenvalue weighted by Crippen LogP contribution is 2.15. The fourth-order valence-electron chi connectivity index (χ4n) is 3.03. The van der Waals surface area contributed by atoms with E-state index in [9.17, 15) is 9.59 Å². The Kier molecular flexibility index (Phi) is 5.33. The molecule has 2 aromatic carbocycles. The van der Waals surface area contributed by atoms with Gasteiger partial charge in [0, 0.05) is 38.4 Å². The van der Waals surface area contributed by atoms with Crippen molar-refractivity contribution >= 4 is 17.5 Å². The summed E-state index contributed by atoms with van der Waals surface area (Å²) < 4.78 is 0. The summed E-state index contributed by atoms with van der Waals surface area (Å²) in [7, 11) is 0. The van der Waals surface area contributed by atoms with Gasteiger partial charge in [0.25, 0.3) is 0 Å². The van der Waals surface area contributed by atoms with Gasteiger partial charge in [-0.3, -0.25) is 9.59 Å². The number of nitrogens with one attached hydrogen (secondary N) is 1. The van der Waals surface area contributed by atoms with Crippen molar-refractivity contribution in [1.29, 1.82) is 0 Å². The summed E-state index contributed by atoms with van der Waals surface area (Å²) in [6.45, 7) is 4.97. The average molecular weight is 337 g/mol. The maximum atomic E-state index is 12.3. The van der Waals surface area contributed by atoms with E-state index in [1.165, 1.54) is 0 Å². The second kappa shape index (κ2) is 7.83. The molecule has 1 fully saturated rings. The molecular weight excluding hydrogens is 314 g/mol. The topological polar surface area (TPSA) is 52.7 Å². The smallest absolute Gasteiger partial charge is 0.312 e. The third-order valence-electron chi connectivity index (χ3n) is 4.42. The molecule has 1 aliphatic rings. The van der Waals surface area contributed by atoms with Gasteiger partial charge in [-0.05, 0) is 24.6 Å². The Morgan fingerprint density at radius 2 is 1.68 bits per heavy atom. The lowest BCUT2D eigenvalue weighted by atomic mass is 10.1. The molecule has 0 aromatic heterocycles. The molecule has 130 valence electrons. The normalized spacial score (nSPS) is 14.3. The summed E-state index contributed by atoms with van der Waals surface area (Å²) in [5, 5.41) is 2.72. The van der Waals surface area contributed by atoms with Crippen LogP contribution in [-0.2, 0) is 16.1 Å². The Hall–Kier alpha value is -2.82. The molecule has 5 heteroatoms. The van der Waals surface area contributed by atoms with Gasteiger partial charge in [0.1, 0.15) is 0 Å². The molecule has 3 rings (SSSR count). The molecule has 0 spiro atoms. The Labute approximate surface area is 148 Å². The molecule has 0 saturated carbocycles. The van der Waals surface area contributed by atoms with E-state index in [1.807, 2.05) is 49.4 Å². The first-order chi connectivity index (χ1) is 12.1. The van der Waals surface area contributed by atoms with Gasteiger partial charge in [-0.25, -0.2) is 0 Å². The number of para-hydroxylation sites is 1. The van der Waals surface area contributed by atoms with Crippen LogP contribution in [0.15, 0.2) is 54.6 Å². The Morgan fingerprint density at radius 3 is 2.36 bits per heavy atom. The van der Waals surface area contributed by atoms with Crippen molar-refractivity contribution in [2.75, 3.05) is 31.1 Å². The van der Waals surface area contributed by atoms with Gasteiger partial charge < -0.3 is 15.1 Å². The van der Waals surface area contributed by atoms with Crippen LogP contribution < -0.4 is 10.2 Å². The predicted molar refractivity (Wildman–Crippen MR) is 98.3 cm³/mol. The van der Waals surface area contributed by atoms with Crippen LogP contribution in [0.3, 0.4) is 0 Å². The lowest BCUT2D eigenvalue weighted by Crippen LogP contribution is -2.52. The number of piperazine rings is 1. The number of benzene rings is 2. The van der Waals surface area contributed by atoms with Crippen LogP contribution in [0, 0.1) is 6.92 Å². The van der Waals surface area contributed by atoms with E-state index < -0.39 is 11.8 Å². The second-order valence-electron chi connectivity index (χ2n) is 6.29. The number of amides is 2. The van der Waals surface area contributed by atoms with E-state index in [0.717, 1.165) is 29.9 Å². The highest BCUT2D eigenvalue weighted by Gasteiger charge is 2.25. The first-order valence-corrected chi connectivity index (χ1v) is 8.56. The van der Waals surface area contributed by atoms with Crippen molar-refractivity contribution in [2.45, 2.75) is 13.5 Å². The molecule has 1 aliphatic heterocycles. The fraction of sp³-hybridized carbons (Fsp3) is 0.300. The van der Waals surface area contributed by atoms with Crippen LogP contribution in [0.5, 0.6) is 0 Å². The molecule has 0 radical (unpaired) electrons. The number of carbonyl (C=O) groups excluding carboxylic acids is 2. The molecule has 5 nitrogen and oxygen atoms in total. The van der Waals surface area contributed by atoms with Gasteiger partial charge in [-0.1, -0.05) is 48.0 Å². The van der Waals surface area contributed by atoms with Crippen molar-refractivity contribution in [2.24, 2.45) is 0 Å². The summed E-state index contributed by atoms with van der Waals surface area (Å²) in [6.07, 6.45) is 0. The van der Waals surface area contributed by atoms with Gasteiger partial charge in [0.15, 0.2) is 0 Å². The third kappa shape index (κ3) is 4.38. The number of carbonyl (C=O) groups is 2. The molecule has 0 aliphatic carbocycles. The molecule has 1 N–H and O–H groups in total. The molecule has 2 aromatic rings. The SMILES string of the molecule is Cc1cccc(CNC(=O)C(=O)N2CCN(c3ccccc3)CC2)c1. The quantitative estimate of drug-likeness (QED) is 0.871. The summed E-state index contributed by atoms with van der Waals surface area (Å²) in [4.78, 5) is 28.3. The first kappa shape index (κ1) is 17.0. The van der Waals surface area contributed by atoms with Crippen molar-refractivity contribution in [3.63, 3.8) is 0 Å². The molecule has 0 unspecified atom stereocenters. The van der Waals surface area contributed by atoms with Crippen LogP contribution in [-0.4, -0.2) is 42.9 Å². The zero-order valence-corrected chi connectivity index (χ0v) is 14.4. The lowest BCUT2D eigenvalue weighted by Gasteiger charge is -2.35. The summed E-state index contributed by atoms with van der Waals surface area (Å²) in [6, 6.07) is 18.0. The molecule has 25 heavy (non-hydrogen) atoms. The van der Waals surface area contributed by atoms with Crippen LogP contribution in [0.1, 0.15) is 11.1 Å². The Bertz CT molecular complexity index is 738. The Balaban J connectivity index is 1.49. The number of rotatable bonds is 3. The minimum absolute atomic E-state index is 0.371. The van der Waals surface area contributed by atoms with Gasteiger partial charge >= 0.3 is 11.8 Å². The van der Waals surface area contributed by atoms with Crippen molar-refractivity contribution in [3.05, 3.63) is 65.7 Å². The standard InChI is InChI=1S/C20H23N3O2/c1-16-6-5-7-17(14-16)15-21-19(24)20(25)23-12-10-22(11-13-23)18-8-3-2-4-9-18/h2-9,14H,10-13,15H2,1H3,(H,21,24). The average Bonchev–Trinajstić information content (AvgIpc) is 2.66. The van der Waals surface area contributed by atoms with E-state index in [0.29, 0.717) is 19.6 Å². The molecule has 0 atom stereocenters. The monoisotopic (exact) mass is 337 g/mol. The number of aryl methyl sites for hydroxylation is 1. The van der Waals surface area contributed by atoms with Crippen LogP contribution in [0.25, 0.3) is 0 Å². The van der Waals surface area contributed by atoms with E-state index in [-0.39, 0.29) is 0 Å². The maximum Gasteiger partial charge on any atom is 0.312 e. The molecule has 1 heterocycles. The van der Waals surface area contributed by atoms with Gasteiger partial charge in [0.05, 0.1) is 0 Å². The molecule has 2 amide bonds. The Morgan fingerprint density at radius 1 is 0.960 bits per heavy atom. The first-order valence-electron chi connectivity index (χ1n) is 8.56. The molecule has 1 saturated heterocycles. The minimum Gasteiger partial charge on any atom is -0.368 e. The predicted octanol–water partition coefficient (Wildman–Crippen LogP) is 1.96. The van der Waals surface area contributed by atoms with E-state index in [4.69, 9.17) is 0 Å². The number of anilines is 1. The van der Waals surface area contributed by atoms with E-state index in [1.54, 1.807) is 4.90 Å². The zero-order valence-electron chi connectivity index (χ0n) is 14.4. The van der Waals surface area contributed by atoms with Gasteiger partial charge in [0.2, 0.25) is 0 Å². The van der Waals surface area contributed by atoms with Crippen LogP contribution in [0.4, 0.5) is 5.69 Å². The van der Waals surface area contributed by atoms with Crippen molar-refractivity contribution in [1.82, 2.24) is 10.2 Å². The highest BCUT2D eigenvalue weighted by atomic mass is 16.2.